The smallest absolute Gasteiger partial charge is 0.434 e. The number of rotatable bonds is 6. The molecule has 10 nitrogen and oxygen atoms in total. The number of hydrogen-bond acceptors (Lipinski definition) is 7. The van der Waals surface area contributed by atoms with Crippen molar-refractivity contribution in [2.75, 3.05) is 19.1 Å². The summed E-state index contributed by atoms with van der Waals surface area (Å²) >= 11 is 0. The molecule has 1 aliphatic heterocycles. The zero-order valence-corrected chi connectivity index (χ0v) is 22.3. The molecular formula is C27H24F4N8O2. The van der Waals surface area contributed by atoms with Crippen molar-refractivity contribution in [3.8, 4) is 28.7 Å². The van der Waals surface area contributed by atoms with E-state index in [2.05, 4.69) is 19.9 Å². The average Bonchev–Trinajstić information content (AvgIpc) is 3.71. The minimum atomic E-state index is -4.66. The molecule has 1 saturated carbocycles. The summed E-state index contributed by atoms with van der Waals surface area (Å²) in [5.74, 6) is 0.303. The Kier molecular flexibility index (Phi) is 6.35. The Balaban J connectivity index is 1.36. The number of nitrogens with zero attached hydrogens (tertiary/aromatic N) is 8. The number of aromatic nitrogens is 6. The van der Waals surface area contributed by atoms with Gasteiger partial charge < -0.3 is 14.2 Å². The molecule has 0 N–H and O–H groups in total. The number of halogens is 4. The predicted octanol–water partition coefficient (Wildman–Crippen LogP) is 4.95. The van der Waals surface area contributed by atoms with Crippen molar-refractivity contribution in [2.45, 2.75) is 38.0 Å². The second-order valence-electron chi connectivity index (χ2n) is 10.1. The van der Waals surface area contributed by atoms with Crippen LogP contribution in [0.25, 0.3) is 22.8 Å². The van der Waals surface area contributed by atoms with Gasteiger partial charge in [0.25, 0.3) is 0 Å². The van der Waals surface area contributed by atoms with Crippen LogP contribution in [0, 0.1) is 5.82 Å². The lowest BCUT2D eigenvalue weighted by atomic mass is 10.1. The minimum absolute atomic E-state index is 0.0455. The lowest BCUT2D eigenvalue weighted by Crippen LogP contribution is -2.45. The zero-order valence-electron chi connectivity index (χ0n) is 22.3. The van der Waals surface area contributed by atoms with Gasteiger partial charge in [0.05, 0.1) is 31.5 Å². The molecule has 2 aliphatic rings. The highest BCUT2D eigenvalue weighted by molar-refractivity contribution is 5.93. The van der Waals surface area contributed by atoms with Crippen LogP contribution in [0.1, 0.15) is 41.3 Å². The van der Waals surface area contributed by atoms with Crippen LogP contribution in [-0.2, 0) is 26.3 Å². The first-order chi connectivity index (χ1) is 19.5. The van der Waals surface area contributed by atoms with Crippen LogP contribution in [0.5, 0.6) is 5.88 Å². The summed E-state index contributed by atoms with van der Waals surface area (Å²) in [6.45, 7) is 0.229. The van der Waals surface area contributed by atoms with Crippen molar-refractivity contribution >= 4 is 11.8 Å². The molecule has 1 fully saturated rings. The number of hydrogen-bond donors (Lipinski definition) is 0. The fourth-order valence-corrected chi connectivity index (χ4v) is 4.91. The molecule has 0 bridgehead atoms. The van der Waals surface area contributed by atoms with Crippen molar-refractivity contribution in [3.63, 3.8) is 0 Å². The summed E-state index contributed by atoms with van der Waals surface area (Å²) in [5.41, 5.74) is 1.23. The maximum atomic E-state index is 15.2. The number of carbonyl (C=O) groups excluding carboxylic acids is 1. The van der Waals surface area contributed by atoms with E-state index in [9.17, 15) is 18.0 Å². The van der Waals surface area contributed by atoms with Gasteiger partial charge >= 0.3 is 12.2 Å². The van der Waals surface area contributed by atoms with Crippen LogP contribution in [0.15, 0.2) is 36.9 Å². The van der Waals surface area contributed by atoms with Crippen LogP contribution in [0.2, 0.25) is 0 Å². The van der Waals surface area contributed by atoms with Gasteiger partial charge in [0.2, 0.25) is 5.88 Å². The van der Waals surface area contributed by atoms with Gasteiger partial charge in [-0.1, -0.05) is 6.07 Å². The highest BCUT2D eigenvalue weighted by Crippen LogP contribution is 2.45. The lowest BCUT2D eigenvalue weighted by Gasteiger charge is -2.34. The van der Waals surface area contributed by atoms with Gasteiger partial charge in [0, 0.05) is 38.0 Å². The molecule has 14 heteroatoms. The van der Waals surface area contributed by atoms with Crippen LogP contribution >= 0.6 is 0 Å². The SMILES string of the molecule is COc1ncnc(C2CC2)c1-c1ncc2c(n1)N(Cc1ccc(-c3nc(C(F)(F)F)cn3C)c(F)c1)C(=O)N(C)C2. The highest BCUT2D eigenvalue weighted by atomic mass is 19.4. The number of imidazole rings is 1. The summed E-state index contributed by atoms with van der Waals surface area (Å²) in [4.78, 5) is 37.7. The minimum Gasteiger partial charge on any atom is -0.480 e. The summed E-state index contributed by atoms with van der Waals surface area (Å²) in [5, 5.41) is 0. The highest BCUT2D eigenvalue weighted by Gasteiger charge is 2.36. The van der Waals surface area contributed by atoms with Gasteiger partial charge in [-0.15, -0.1) is 0 Å². The number of ether oxygens (including phenoxy) is 1. The third-order valence-corrected chi connectivity index (χ3v) is 7.07. The molecular weight excluding hydrogens is 544 g/mol. The van der Waals surface area contributed by atoms with E-state index in [1.54, 1.807) is 19.3 Å². The van der Waals surface area contributed by atoms with E-state index in [0.29, 0.717) is 34.2 Å². The number of anilines is 1. The Morgan fingerprint density at radius 2 is 1.88 bits per heavy atom. The van der Waals surface area contributed by atoms with Crippen LogP contribution in [-0.4, -0.2) is 54.6 Å². The fraction of sp³-hybridized carbons (Fsp3) is 0.333. The van der Waals surface area contributed by atoms with Gasteiger partial charge in [-0.2, -0.15) is 13.2 Å². The Hall–Kier alpha value is -4.62. The van der Waals surface area contributed by atoms with E-state index in [-0.39, 0.29) is 36.4 Å². The van der Waals surface area contributed by atoms with Gasteiger partial charge in [0.15, 0.2) is 11.5 Å². The Morgan fingerprint density at radius 3 is 2.54 bits per heavy atom. The van der Waals surface area contributed by atoms with Crippen molar-refractivity contribution in [1.29, 1.82) is 0 Å². The molecule has 3 aromatic heterocycles. The molecule has 41 heavy (non-hydrogen) atoms. The second kappa shape index (κ2) is 9.78. The summed E-state index contributed by atoms with van der Waals surface area (Å²) < 4.78 is 61.2. The maximum Gasteiger partial charge on any atom is 0.434 e. The molecule has 0 atom stereocenters. The zero-order chi connectivity index (χ0) is 29.1. The summed E-state index contributed by atoms with van der Waals surface area (Å²) in [7, 11) is 4.50. The number of aryl methyl sites for hydroxylation is 1. The molecule has 1 aliphatic carbocycles. The van der Waals surface area contributed by atoms with Gasteiger partial charge in [-0.05, 0) is 30.5 Å². The molecule has 0 spiro atoms. The van der Waals surface area contributed by atoms with E-state index in [0.717, 1.165) is 29.3 Å². The third-order valence-electron chi connectivity index (χ3n) is 7.07. The van der Waals surface area contributed by atoms with Crippen molar-refractivity contribution in [1.82, 2.24) is 34.4 Å². The van der Waals surface area contributed by atoms with Crippen LogP contribution in [0.4, 0.5) is 28.2 Å². The number of urea groups is 1. The molecule has 4 aromatic rings. The number of benzene rings is 1. The molecule has 1 aromatic carbocycles. The molecule has 0 saturated heterocycles. The fourth-order valence-electron chi connectivity index (χ4n) is 4.91. The Labute approximate surface area is 231 Å². The van der Waals surface area contributed by atoms with E-state index in [4.69, 9.17) is 9.72 Å². The van der Waals surface area contributed by atoms with E-state index < -0.39 is 17.7 Å². The van der Waals surface area contributed by atoms with Gasteiger partial charge in [-0.25, -0.2) is 34.1 Å². The third kappa shape index (κ3) is 4.83. The molecule has 0 radical (unpaired) electrons. The summed E-state index contributed by atoms with van der Waals surface area (Å²) in [6, 6.07) is 3.72. The predicted molar refractivity (Wildman–Crippen MR) is 138 cm³/mol. The van der Waals surface area contributed by atoms with Crippen LogP contribution < -0.4 is 9.64 Å². The molecule has 6 rings (SSSR count). The largest absolute Gasteiger partial charge is 0.480 e. The lowest BCUT2D eigenvalue weighted by molar-refractivity contribution is -0.140. The molecule has 4 heterocycles. The molecule has 0 unspecified atom stereocenters. The number of carbonyl (C=O) groups is 1. The first-order valence-corrected chi connectivity index (χ1v) is 12.7. The van der Waals surface area contributed by atoms with E-state index in [1.165, 1.54) is 42.4 Å². The molecule has 2 amide bonds. The summed E-state index contributed by atoms with van der Waals surface area (Å²) in [6.07, 6.45) is 1.18. The number of amides is 2. The standard InChI is InChI=1S/C27H24F4N8O2/c1-37-12-19(27(29,30)31)35-24(37)17-7-4-14(8-18(17)28)10-39-23-16(11-38(2)26(39)40)9-32-22(36-23)20-21(15-5-6-15)33-13-34-25(20)41-3/h4,7-9,12-13,15H,5-6,10-11H2,1-3H3. The first-order valence-electron chi connectivity index (χ1n) is 12.7. The van der Waals surface area contributed by atoms with Gasteiger partial charge in [-0.3, -0.25) is 4.90 Å². The Morgan fingerprint density at radius 1 is 1.10 bits per heavy atom. The van der Waals surface area contributed by atoms with Crippen molar-refractivity contribution in [2.24, 2.45) is 7.05 Å². The van der Waals surface area contributed by atoms with E-state index in [1.807, 2.05) is 0 Å². The maximum absolute atomic E-state index is 15.2. The van der Waals surface area contributed by atoms with Crippen molar-refractivity contribution in [3.05, 3.63) is 65.3 Å². The topological polar surface area (TPSA) is 102 Å². The first kappa shape index (κ1) is 26.6. The number of alkyl halides is 3. The van der Waals surface area contributed by atoms with Crippen LogP contribution in [0.3, 0.4) is 0 Å². The van der Waals surface area contributed by atoms with Crippen molar-refractivity contribution < 1.29 is 27.1 Å². The average molecular weight is 569 g/mol. The second-order valence-corrected chi connectivity index (χ2v) is 10.1. The number of methoxy groups -OCH3 is 1. The molecule has 212 valence electrons. The Bertz CT molecular complexity index is 1670. The van der Waals surface area contributed by atoms with E-state index >= 15 is 4.39 Å². The monoisotopic (exact) mass is 568 g/mol. The van der Waals surface area contributed by atoms with Gasteiger partial charge in [0.1, 0.15) is 29.4 Å². The quantitative estimate of drug-likeness (QED) is 0.303. The number of fused-ring (bicyclic) bond motifs is 1. The normalized spacial score (nSPS) is 15.3.